The molecule has 0 saturated heterocycles. The van der Waals surface area contributed by atoms with E-state index in [4.69, 9.17) is 18.9 Å². The van der Waals surface area contributed by atoms with Crippen molar-refractivity contribution in [3.63, 3.8) is 0 Å². The Bertz CT molecular complexity index is 1660. The van der Waals surface area contributed by atoms with Crippen LogP contribution in [0.3, 0.4) is 0 Å². The molecule has 0 aromatic carbocycles. The Labute approximate surface area is 485 Å². The van der Waals surface area contributed by atoms with Crippen LogP contribution in [0.15, 0.2) is 109 Å². The second kappa shape index (κ2) is 60.1. The summed E-state index contributed by atoms with van der Waals surface area (Å²) in [7, 11) is 5.96. The van der Waals surface area contributed by atoms with Crippen molar-refractivity contribution in [2.45, 2.75) is 270 Å². The minimum atomic E-state index is -1.52. The van der Waals surface area contributed by atoms with Gasteiger partial charge in [0.15, 0.2) is 6.10 Å². The number of allylic oxidation sites excluding steroid dienone is 18. The van der Waals surface area contributed by atoms with E-state index in [0.29, 0.717) is 23.9 Å². The summed E-state index contributed by atoms with van der Waals surface area (Å²) in [5.41, 5.74) is 0. The van der Waals surface area contributed by atoms with Gasteiger partial charge in [-0.25, -0.2) is 4.79 Å². The molecule has 0 radical (unpaired) electrons. The zero-order valence-electron chi connectivity index (χ0n) is 51.5. The van der Waals surface area contributed by atoms with Crippen LogP contribution >= 0.6 is 0 Å². The van der Waals surface area contributed by atoms with Crippen molar-refractivity contribution < 1.29 is 42.9 Å². The number of likely N-dealkylation sites (N-methyl/N-ethyl adjacent to an activating group) is 1. The van der Waals surface area contributed by atoms with E-state index in [0.717, 1.165) is 103 Å². The van der Waals surface area contributed by atoms with Crippen LogP contribution < -0.4 is 0 Å². The molecule has 0 saturated carbocycles. The van der Waals surface area contributed by atoms with Crippen LogP contribution in [0.1, 0.15) is 258 Å². The lowest BCUT2D eigenvalue weighted by Crippen LogP contribution is -2.40. The number of quaternary nitrogens is 1. The average molecular weight is 1100 g/mol. The molecule has 0 rings (SSSR count). The first kappa shape index (κ1) is 75.0. The fourth-order valence-corrected chi connectivity index (χ4v) is 8.65. The smallest absolute Gasteiger partial charge is 0.361 e. The molecule has 0 amide bonds. The standard InChI is InChI=1S/C70H119NO8/c1-6-8-10-12-14-16-18-20-22-24-26-27-28-29-30-31-32-33-34-35-36-37-38-39-40-41-43-45-47-49-51-53-55-57-59-61-68(73)79-66(65-78-70(69(74)75)76-63-62-71(3,4)5)64-77-67(72)60-58-56-54-52-50-48-46-44-42-25-23-21-19-17-15-13-11-9-7-2/h8,10,14,16,20,22,26-27,29-30,32-33,35-36,38-39,41,43,66,70H,6-7,9,11-13,15,17-19,21,23-25,28,31,34,37,40,42,44-65H2,1-5H3/p+1/b10-8-,16-14-,22-20-,27-26-,30-29-,33-32-,36-35-,39-38-,43-41-. The van der Waals surface area contributed by atoms with Gasteiger partial charge in [0.25, 0.3) is 6.29 Å². The van der Waals surface area contributed by atoms with Crippen molar-refractivity contribution in [3.05, 3.63) is 109 Å². The van der Waals surface area contributed by atoms with Gasteiger partial charge in [0, 0.05) is 12.8 Å². The SMILES string of the molecule is CC/C=C\C/C=C\C/C=C\C/C=C\C/C=C\C/C=C\C/C=C\C/C=C\C/C=C\CCCCCCCCCC(=O)OC(COC(=O)CCCCCCCCCCCCCCCCCCCCC)COC(OCC[N+](C)(C)C)C(=O)O. The predicted octanol–water partition coefficient (Wildman–Crippen LogP) is 19.5. The van der Waals surface area contributed by atoms with E-state index in [1.807, 2.05) is 21.1 Å². The first-order chi connectivity index (χ1) is 38.6. The minimum Gasteiger partial charge on any atom is -0.477 e. The molecule has 0 aromatic heterocycles. The first-order valence-corrected chi connectivity index (χ1v) is 32.1. The number of carbonyl (C=O) groups excluding carboxylic acids is 2. The van der Waals surface area contributed by atoms with Gasteiger partial charge in [0.2, 0.25) is 0 Å². The quantitative estimate of drug-likeness (QED) is 0.0211. The number of hydrogen-bond acceptors (Lipinski definition) is 7. The van der Waals surface area contributed by atoms with E-state index >= 15 is 0 Å². The number of hydrogen-bond donors (Lipinski definition) is 1. The summed E-state index contributed by atoms with van der Waals surface area (Å²) < 4.78 is 22.9. The molecule has 0 aliphatic heterocycles. The normalized spacial score (nSPS) is 13.5. The zero-order chi connectivity index (χ0) is 57.6. The number of aliphatic carboxylic acids is 1. The highest BCUT2D eigenvalue weighted by Gasteiger charge is 2.25. The summed E-state index contributed by atoms with van der Waals surface area (Å²) in [6, 6.07) is 0. The zero-order valence-corrected chi connectivity index (χ0v) is 51.5. The number of carbonyl (C=O) groups is 3. The van der Waals surface area contributed by atoms with Gasteiger partial charge in [-0.2, -0.15) is 0 Å². The van der Waals surface area contributed by atoms with Crippen molar-refractivity contribution in [3.8, 4) is 0 Å². The number of carboxylic acids is 1. The lowest BCUT2D eigenvalue weighted by Gasteiger charge is -2.25. The molecule has 2 unspecified atom stereocenters. The van der Waals surface area contributed by atoms with Gasteiger partial charge in [-0.15, -0.1) is 0 Å². The Hall–Kier alpha value is -4.05. The van der Waals surface area contributed by atoms with E-state index < -0.39 is 24.3 Å². The topological polar surface area (TPSA) is 108 Å². The molecule has 1 N–H and O–H groups in total. The molecule has 0 aliphatic rings. The van der Waals surface area contributed by atoms with Crippen molar-refractivity contribution in [1.29, 1.82) is 0 Å². The van der Waals surface area contributed by atoms with Crippen LogP contribution in [0, 0.1) is 0 Å². The van der Waals surface area contributed by atoms with Gasteiger partial charge in [0.05, 0.1) is 34.4 Å². The molecule has 2 atom stereocenters. The summed E-state index contributed by atoms with van der Waals surface area (Å²) in [6.45, 7) is 4.77. The molecule has 0 heterocycles. The largest absolute Gasteiger partial charge is 0.477 e. The summed E-state index contributed by atoms with van der Waals surface area (Å²) in [6.07, 6.45) is 80.3. The van der Waals surface area contributed by atoms with E-state index in [1.54, 1.807) is 0 Å². The highest BCUT2D eigenvalue weighted by atomic mass is 16.7. The molecule has 79 heavy (non-hydrogen) atoms. The number of esters is 2. The number of ether oxygens (including phenoxy) is 4. The summed E-state index contributed by atoms with van der Waals surface area (Å²) in [5.74, 6) is -2.02. The van der Waals surface area contributed by atoms with Gasteiger partial charge in [-0.3, -0.25) is 9.59 Å². The highest BCUT2D eigenvalue weighted by Crippen LogP contribution is 2.16. The highest BCUT2D eigenvalue weighted by molar-refractivity contribution is 5.71. The lowest BCUT2D eigenvalue weighted by molar-refractivity contribution is -0.870. The van der Waals surface area contributed by atoms with E-state index in [1.165, 1.54) is 122 Å². The first-order valence-electron chi connectivity index (χ1n) is 32.1. The van der Waals surface area contributed by atoms with Crippen LogP contribution in [0.5, 0.6) is 0 Å². The molecule has 0 aromatic rings. The average Bonchev–Trinajstić information content (AvgIpc) is 3.42. The van der Waals surface area contributed by atoms with Crippen molar-refractivity contribution in [2.75, 3.05) is 47.5 Å². The second-order valence-electron chi connectivity index (χ2n) is 22.3. The molecule has 9 heteroatoms. The second-order valence-corrected chi connectivity index (χ2v) is 22.3. The molecule has 9 nitrogen and oxygen atoms in total. The van der Waals surface area contributed by atoms with Crippen LogP contribution in [-0.4, -0.2) is 87.4 Å². The molecule has 0 spiro atoms. The Morgan fingerprint density at radius 2 is 0.722 bits per heavy atom. The van der Waals surface area contributed by atoms with Gasteiger partial charge in [-0.1, -0.05) is 271 Å². The maximum absolute atomic E-state index is 12.9. The van der Waals surface area contributed by atoms with Crippen molar-refractivity contribution >= 4 is 17.9 Å². The maximum Gasteiger partial charge on any atom is 0.361 e. The van der Waals surface area contributed by atoms with Crippen LogP contribution in [0.4, 0.5) is 0 Å². The van der Waals surface area contributed by atoms with Crippen LogP contribution in [0.2, 0.25) is 0 Å². The molecule has 0 fully saturated rings. The molecule has 0 bridgehead atoms. The molecular formula is C70H120NO8+. The summed E-state index contributed by atoms with van der Waals surface area (Å²) in [4.78, 5) is 37.5. The van der Waals surface area contributed by atoms with Crippen LogP contribution in [0.25, 0.3) is 0 Å². The van der Waals surface area contributed by atoms with E-state index in [9.17, 15) is 19.5 Å². The monoisotopic (exact) mass is 1100 g/mol. The van der Waals surface area contributed by atoms with Gasteiger partial charge in [0.1, 0.15) is 13.2 Å². The third kappa shape index (κ3) is 61.4. The van der Waals surface area contributed by atoms with Gasteiger partial charge in [-0.05, 0) is 83.5 Å². The third-order valence-electron chi connectivity index (χ3n) is 13.5. The fraction of sp³-hybridized carbons (Fsp3) is 0.700. The van der Waals surface area contributed by atoms with Gasteiger partial charge >= 0.3 is 17.9 Å². The molecule has 452 valence electrons. The lowest BCUT2D eigenvalue weighted by atomic mass is 10.0. The Kier molecular flexibility index (Phi) is 57.0. The van der Waals surface area contributed by atoms with Crippen LogP contribution in [-0.2, 0) is 33.3 Å². The van der Waals surface area contributed by atoms with Crippen molar-refractivity contribution in [1.82, 2.24) is 0 Å². The minimum absolute atomic E-state index is 0.182. The summed E-state index contributed by atoms with van der Waals surface area (Å²) >= 11 is 0. The number of unbranched alkanes of at least 4 members (excludes halogenated alkanes) is 25. The van der Waals surface area contributed by atoms with Gasteiger partial charge < -0.3 is 28.5 Å². The predicted molar refractivity (Wildman–Crippen MR) is 336 cm³/mol. The maximum atomic E-state index is 12.9. The van der Waals surface area contributed by atoms with E-state index in [2.05, 4.69) is 123 Å². The number of nitrogens with zero attached hydrogens (tertiary/aromatic N) is 1. The van der Waals surface area contributed by atoms with E-state index in [-0.39, 0.29) is 32.2 Å². The number of carboxylic acid groups (broad SMARTS) is 1. The number of rotatable bonds is 58. The Morgan fingerprint density at radius 3 is 1.08 bits per heavy atom. The fourth-order valence-electron chi connectivity index (χ4n) is 8.65. The molecule has 0 aliphatic carbocycles. The third-order valence-corrected chi connectivity index (χ3v) is 13.5. The molecular weight excluding hydrogens is 983 g/mol. The summed E-state index contributed by atoms with van der Waals surface area (Å²) in [5, 5.41) is 9.72. The van der Waals surface area contributed by atoms with Crippen molar-refractivity contribution in [2.24, 2.45) is 0 Å². The Balaban J connectivity index is 4.22. The Morgan fingerprint density at radius 1 is 0.392 bits per heavy atom.